The van der Waals surface area contributed by atoms with Crippen LogP contribution in [0.5, 0.6) is 0 Å². The van der Waals surface area contributed by atoms with Crippen LogP contribution in [0.25, 0.3) is 11.0 Å². The predicted molar refractivity (Wildman–Crippen MR) is 83.6 cm³/mol. The number of hydrogen-bond donors (Lipinski definition) is 1. The molecular weight excluding hydrogens is 298 g/mol. The minimum Gasteiger partial charge on any atom is -0.481 e. The molecule has 1 amide bonds. The maximum Gasteiger partial charge on any atom is 0.306 e. The van der Waals surface area contributed by atoms with E-state index in [9.17, 15) is 9.59 Å². The molecule has 6 nitrogen and oxygen atoms in total. The molecule has 1 aliphatic heterocycles. The molecule has 0 unspecified atom stereocenters. The predicted octanol–water partition coefficient (Wildman–Crippen LogP) is 2.37. The van der Waals surface area contributed by atoms with Crippen molar-refractivity contribution in [1.29, 1.82) is 0 Å². The molecule has 1 aromatic heterocycles. The number of carboxylic acid groups (broad SMARTS) is 1. The molecule has 1 atom stereocenters. The number of benzene rings is 1. The third kappa shape index (κ3) is 2.94. The van der Waals surface area contributed by atoms with Crippen molar-refractivity contribution in [3.05, 3.63) is 35.1 Å². The van der Waals surface area contributed by atoms with Gasteiger partial charge >= 0.3 is 5.97 Å². The zero-order valence-corrected chi connectivity index (χ0v) is 13.2. The summed E-state index contributed by atoms with van der Waals surface area (Å²) in [5.74, 6) is -0.818. The number of hydrogen-bond acceptors (Lipinski definition) is 4. The quantitative estimate of drug-likeness (QED) is 0.940. The Morgan fingerprint density at radius 3 is 2.83 bits per heavy atom. The van der Waals surface area contributed by atoms with Crippen LogP contribution >= 0.6 is 0 Å². The van der Waals surface area contributed by atoms with Gasteiger partial charge in [-0.15, -0.1) is 0 Å². The SMILES string of the molecule is Cc1c(C(=O)N2CCO[C@H](CC(=O)O)C2)oc2c(C)cccc12. The van der Waals surface area contributed by atoms with Crippen LogP contribution in [0, 0.1) is 13.8 Å². The molecule has 0 aliphatic carbocycles. The number of nitrogens with zero attached hydrogens (tertiary/aromatic N) is 1. The summed E-state index contributed by atoms with van der Waals surface area (Å²) in [6.07, 6.45) is -0.584. The number of carbonyl (C=O) groups excluding carboxylic acids is 1. The van der Waals surface area contributed by atoms with Crippen LogP contribution in [0.4, 0.5) is 0 Å². The largest absolute Gasteiger partial charge is 0.481 e. The summed E-state index contributed by atoms with van der Waals surface area (Å²) in [4.78, 5) is 25.2. The highest BCUT2D eigenvalue weighted by atomic mass is 16.5. The molecule has 2 aromatic rings. The van der Waals surface area contributed by atoms with Crippen molar-refractivity contribution in [1.82, 2.24) is 4.90 Å². The highest BCUT2D eigenvalue weighted by Gasteiger charge is 2.29. The van der Waals surface area contributed by atoms with Gasteiger partial charge in [-0.05, 0) is 19.4 Å². The highest BCUT2D eigenvalue weighted by molar-refractivity contribution is 5.99. The zero-order chi connectivity index (χ0) is 16.6. The van der Waals surface area contributed by atoms with E-state index in [1.807, 2.05) is 32.0 Å². The van der Waals surface area contributed by atoms with Crippen molar-refractivity contribution in [2.24, 2.45) is 0 Å². The highest BCUT2D eigenvalue weighted by Crippen LogP contribution is 2.29. The average molecular weight is 317 g/mol. The van der Waals surface area contributed by atoms with Gasteiger partial charge in [0.1, 0.15) is 5.58 Å². The van der Waals surface area contributed by atoms with Crippen LogP contribution in [0.15, 0.2) is 22.6 Å². The fourth-order valence-corrected chi connectivity index (χ4v) is 2.95. The van der Waals surface area contributed by atoms with Gasteiger partial charge in [-0.3, -0.25) is 9.59 Å². The van der Waals surface area contributed by atoms with Crippen LogP contribution in [0.3, 0.4) is 0 Å². The first-order valence-corrected chi connectivity index (χ1v) is 7.58. The maximum absolute atomic E-state index is 12.8. The second-order valence-corrected chi connectivity index (χ2v) is 5.85. The number of furan rings is 1. The monoisotopic (exact) mass is 317 g/mol. The Morgan fingerprint density at radius 2 is 2.13 bits per heavy atom. The molecule has 0 bridgehead atoms. The number of carbonyl (C=O) groups is 2. The minimum absolute atomic E-state index is 0.109. The molecule has 1 saturated heterocycles. The second-order valence-electron chi connectivity index (χ2n) is 5.85. The molecule has 1 N–H and O–H groups in total. The molecule has 0 saturated carbocycles. The van der Waals surface area contributed by atoms with Gasteiger partial charge in [0.2, 0.25) is 0 Å². The Kier molecular flexibility index (Phi) is 4.09. The molecule has 0 radical (unpaired) electrons. The summed E-state index contributed by atoms with van der Waals surface area (Å²) >= 11 is 0. The first kappa shape index (κ1) is 15.6. The number of rotatable bonds is 3. The van der Waals surface area contributed by atoms with Gasteiger partial charge in [-0.2, -0.15) is 0 Å². The summed E-state index contributed by atoms with van der Waals surface area (Å²) < 4.78 is 11.2. The lowest BCUT2D eigenvalue weighted by Gasteiger charge is -2.31. The number of morpholine rings is 1. The Morgan fingerprint density at radius 1 is 1.35 bits per heavy atom. The molecule has 23 heavy (non-hydrogen) atoms. The van der Waals surface area contributed by atoms with Gasteiger partial charge in [0.05, 0.1) is 19.1 Å². The van der Waals surface area contributed by atoms with E-state index in [-0.39, 0.29) is 18.9 Å². The van der Waals surface area contributed by atoms with Crippen LogP contribution in [0.2, 0.25) is 0 Å². The Balaban J connectivity index is 1.87. The zero-order valence-electron chi connectivity index (χ0n) is 13.2. The summed E-state index contributed by atoms with van der Waals surface area (Å²) in [6, 6.07) is 5.81. The van der Waals surface area contributed by atoms with E-state index < -0.39 is 12.1 Å². The standard InChI is InChI=1S/C17H19NO5/c1-10-4-3-5-13-11(2)16(23-15(10)13)17(21)18-6-7-22-12(9-18)8-14(19)20/h3-5,12H,6-9H2,1-2H3,(H,19,20)/t12-/m1/s1. The first-order valence-electron chi connectivity index (χ1n) is 7.58. The lowest BCUT2D eigenvalue weighted by Crippen LogP contribution is -2.46. The number of ether oxygens (including phenoxy) is 1. The second kappa shape index (κ2) is 6.04. The molecule has 1 fully saturated rings. The fourth-order valence-electron chi connectivity index (χ4n) is 2.95. The molecule has 3 rings (SSSR count). The number of para-hydroxylation sites is 1. The van der Waals surface area contributed by atoms with Crippen molar-refractivity contribution >= 4 is 22.8 Å². The van der Waals surface area contributed by atoms with Gasteiger partial charge in [-0.1, -0.05) is 18.2 Å². The van der Waals surface area contributed by atoms with E-state index in [0.29, 0.717) is 18.9 Å². The van der Waals surface area contributed by atoms with E-state index in [0.717, 1.165) is 22.1 Å². The molecule has 6 heteroatoms. The lowest BCUT2D eigenvalue weighted by molar-refractivity contribution is -0.141. The lowest BCUT2D eigenvalue weighted by atomic mass is 10.1. The van der Waals surface area contributed by atoms with Crippen LogP contribution in [0.1, 0.15) is 28.1 Å². The van der Waals surface area contributed by atoms with Crippen molar-refractivity contribution < 1.29 is 23.8 Å². The van der Waals surface area contributed by atoms with E-state index in [4.69, 9.17) is 14.3 Å². The Labute approximate surface area is 133 Å². The van der Waals surface area contributed by atoms with Crippen molar-refractivity contribution in [2.75, 3.05) is 19.7 Å². The summed E-state index contributed by atoms with van der Waals surface area (Å²) in [6.45, 7) is 4.85. The van der Waals surface area contributed by atoms with Crippen molar-refractivity contribution in [3.8, 4) is 0 Å². The van der Waals surface area contributed by atoms with E-state index >= 15 is 0 Å². The van der Waals surface area contributed by atoms with E-state index in [1.165, 1.54) is 0 Å². The minimum atomic E-state index is -0.931. The fraction of sp³-hybridized carbons (Fsp3) is 0.412. The molecule has 1 aromatic carbocycles. The Hall–Kier alpha value is -2.34. The third-order valence-corrected chi connectivity index (χ3v) is 4.18. The molecule has 122 valence electrons. The first-order chi connectivity index (χ1) is 11.0. The van der Waals surface area contributed by atoms with Crippen LogP contribution in [-0.2, 0) is 9.53 Å². The molecule has 2 heterocycles. The van der Waals surface area contributed by atoms with Crippen molar-refractivity contribution in [3.63, 3.8) is 0 Å². The van der Waals surface area contributed by atoms with Gasteiger partial charge in [0, 0.05) is 24.0 Å². The topological polar surface area (TPSA) is 80.0 Å². The summed E-state index contributed by atoms with van der Waals surface area (Å²) in [5.41, 5.74) is 2.52. The molecular formula is C17H19NO5. The molecule has 0 spiro atoms. The number of carboxylic acids is 1. The van der Waals surface area contributed by atoms with Gasteiger partial charge < -0.3 is 19.2 Å². The van der Waals surface area contributed by atoms with E-state index in [2.05, 4.69) is 0 Å². The number of aliphatic carboxylic acids is 1. The van der Waals surface area contributed by atoms with Gasteiger partial charge in [0.15, 0.2) is 5.76 Å². The number of fused-ring (bicyclic) bond motifs is 1. The van der Waals surface area contributed by atoms with Gasteiger partial charge in [-0.25, -0.2) is 0 Å². The smallest absolute Gasteiger partial charge is 0.306 e. The van der Waals surface area contributed by atoms with Crippen LogP contribution in [-0.4, -0.2) is 47.7 Å². The summed E-state index contributed by atoms with van der Waals surface area (Å²) in [5, 5.41) is 9.81. The molecule has 1 aliphatic rings. The Bertz CT molecular complexity index is 764. The number of aryl methyl sites for hydroxylation is 2. The average Bonchev–Trinajstić information content (AvgIpc) is 2.85. The normalized spacial score (nSPS) is 18.3. The summed E-state index contributed by atoms with van der Waals surface area (Å²) in [7, 11) is 0. The van der Waals surface area contributed by atoms with Crippen LogP contribution < -0.4 is 0 Å². The van der Waals surface area contributed by atoms with E-state index in [1.54, 1.807) is 4.90 Å². The number of amides is 1. The third-order valence-electron chi connectivity index (χ3n) is 4.18. The van der Waals surface area contributed by atoms with Crippen molar-refractivity contribution in [2.45, 2.75) is 26.4 Å². The maximum atomic E-state index is 12.8. The van der Waals surface area contributed by atoms with Gasteiger partial charge in [0.25, 0.3) is 5.91 Å².